The minimum absolute atomic E-state index is 0.114. The summed E-state index contributed by atoms with van der Waals surface area (Å²) in [6.07, 6.45) is 20.7. The van der Waals surface area contributed by atoms with Gasteiger partial charge in [-0.25, -0.2) is 0 Å². The van der Waals surface area contributed by atoms with E-state index >= 15 is 0 Å². The van der Waals surface area contributed by atoms with E-state index in [0.29, 0.717) is 43.6 Å². The highest BCUT2D eigenvalue weighted by Gasteiger charge is 2.24. The van der Waals surface area contributed by atoms with E-state index in [-0.39, 0.29) is 11.9 Å². The van der Waals surface area contributed by atoms with E-state index in [9.17, 15) is 9.59 Å². The quantitative estimate of drug-likeness (QED) is 0.0318. The number of nitrogens with zero attached hydrogens (tertiary/aromatic N) is 1. The van der Waals surface area contributed by atoms with Crippen LogP contribution in [0.2, 0.25) is 0 Å². The van der Waals surface area contributed by atoms with Crippen LogP contribution in [0.15, 0.2) is 49.6 Å². The Morgan fingerprint density at radius 1 is 0.732 bits per heavy atom. The molecule has 5 nitrogen and oxygen atoms in total. The van der Waals surface area contributed by atoms with Crippen molar-refractivity contribution in [3.05, 3.63) is 60.7 Å². The molecule has 0 bridgehead atoms. The van der Waals surface area contributed by atoms with Gasteiger partial charge in [0.2, 0.25) is 0 Å². The molecule has 1 aromatic rings. The van der Waals surface area contributed by atoms with Gasteiger partial charge in [0.05, 0.1) is 7.05 Å². The van der Waals surface area contributed by atoms with Crippen LogP contribution in [0.25, 0.3) is 0 Å². The van der Waals surface area contributed by atoms with Crippen molar-refractivity contribution in [2.75, 3.05) is 33.4 Å². The molecule has 41 heavy (non-hydrogen) atoms. The second kappa shape index (κ2) is 24.7. The Bertz CT molecular complexity index is 814. The lowest BCUT2D eigenvalue weighted by molar-refractivity contribution is -0.922. The maximum atomic E-state index is 12.3. The van der Waals surface area contributed by atoms with Crippen LogP contribution in [0, 0.1) is 0 Å². The minimum atomic E-state index is -0.114. The number of allylic oxidation sites excluding steroid dienone is 2. The van der Waals surface area contributed by atoms with Gasteiger partial charge in [0.1, 0.15) is 32.8 Å². The van der Waals surface area contributed by atoms with Crippen LogP contribution in [0.4, 0.5) is 0 Å². The molecule has 0 fully saturated rings. The molecule has 0 N–H and O–H groups in total. The first-order valence-corrected chi connectivity index (χ1v) is 17.0. The summed E-state index contributed by atoms with van der Waals surface area (Å²) in [4.78, 5) is 24.7. The van der Waals surface area contributed by atoms with Gasteiger partial charge in [-0.1, -0.05) is 97.6 Å². The Hall–Kier alpha value is -1.92. The smallest absolute Gasteiger partial charge is 0.305 e. The maximum absolute atomic E-state index is 12.3. The Morgan fingerprint density at radius 3 is 1.63 bits per heavy atom. The van der Waals surface area contributed by atoms with Crippen LogP contribution in [-0.4, -0.2) is 49.8 Å². The molecular formula is C35H57BrNO4+. The molecule has 0 heterocycles. The standard InChI is InChI=1S/C35H57BrNO4/c1-4-6-8-10-12-14-16-18-23-34(38)40-27-25-37(3,31-33-22-20-21-32(29-33)30-36)26-28-41-35(39)24-19-17-15-13-11-9-7-5-2/h4-5,20-22,29H,1-2,6-19,23-28,30-31H2,3H3/q+1. The van der Waals surface area contributed by atoms with E-state index in [1.807, 2.05) is 12.2 Å². The van der Waals surface area contributed by atoms with Gasteiger partial charge in [-0.3, -0.25) is 9.59 Å². The first-order chi connectivity index (χ1) is 19.9. The number of unbranched alkanes of at least 4 members (excludes halogenated alkanes) is 12. The molecule has 0 amide bonds. The summed E-state index contributed by atoms with van der Waals surface area (Å²) in [5, 5.41) is 0.809. The SMILES string of the molecule is C=CCCCCCCCCC(=O)OCC[N+](C)(CCOC(=O)CCCCCCCCC=C)Cc1cccc(CBr)c1. The van der Waals surface area contributed by atoms with Gasteiger partial charge in [-0.05, 0) is 50.2 Å². The molecule has 0 saturated carbocycles. The number of ether oxygens (including phenoxy) is 2. The maximum Gasteiger partial charge on any atom is 0.305 e. The largest absolute Gasteiger partial charge is 0.460 e. The van der Waals surface area contributed by atoms with Gasteiger partial charge >= 0.3 is 11.9 Å². The molecule has 0 atom stereocenters. The predicted octanol–water partition coefficient (Wildman–Crippen LogP) is 9.23. The summed E-state index contributed by atoms with van der Waals surface area (Å²) >= 11 is 3.55. The van der Waals surface area contributed by atoms with Crippen molar-refractivity contribution in [1.29, 1.82) is 0 Å². The summed E-state index contributed by atoms with van der Waals surface area (Å²) < 4.78 is 11.9. The molecule has 232 valence electrons. The molecule has 0 aliphatic heterocycles. The summed E-state index contributed by atoms with van der Waals surface area (Å²) in [6, 6.07) is 8.53. The fourth-order valence-corrected chi connectivity index (χ4v) is 5.30. The molecule has 1 aromatic carbocycles. The molecule has 0 aromatic heterocycles. The van der Waals surface area contributed by atoms with Crippen LogP contribution in [0.1, 0.15) is 114 Å². The molecule has 0 unspecified atom stereocenters. The molecule has 0 aliphatic rings. The van der Waals surface area contributed by atoms with E-state index < -0.39 is 0 Å². The van der Waals surface area contributed by atoms with Crippen molar-refractivity contribution in [2.24, 2.45) is 0 Å². The average molecular weight is 636 g/mol. The molecule has 0 saturated heterocycles. The highest BCUT2D eigenvalue weighted by atomic mass is 79.9. The lowest BCUT2D eigenvalue weighted by atomic mass is 10.1. The Morgan fingerprint density at radius 2 is 1.17 bits per heavy atom. The normalized spacial score (nSPS) is 11.3. The fraction of sp³-hybridized carbons (Fsp3) is 0.657. The summed E-state index contributed by atoms with van der Waals surface area (Å²) in [7, 11) is 2.15. The molecular weight excluding hydrogens is 578 g/mol. The first kappa shape index (κ1) is 37.1. The van der Waals surface area contributed by atoms with Crippen molar-refractivity contribution in [3.8, 4) is 0 Å². The second-order valence-corrected chi connectivity index (χ2v) is 12.1. The van der Waals surface area contributed by atoms with Crippen LogP contribution in [-0.2, 0) is 30.9 Å². The zero-order valence-corrected chi connectivity index (χ0v) is 27.5. The first-order valence-electron chi connectivity index (χ1n) is 15.9. The topological polar surface area (TPSA) is 52.6 Å². The van der Waals surface area contributed by atoms with E-state index in [1.54, 1.807) is 0 Å². The molecule has 0 aliphatic carbocycles. The Balaban J connectivity index is 2.43. The molecule has 0 spiro atoms. The number of alkyl halides is 1. The highest BCUT2D eigenvalue weighted by molar-refractivity contribution is 9.08. The van der Waals surface area contributed by atoms with Crippen molar-refractivity contribution in [2.45, 2.75) is 115 Å². The lowest BCUT2D eigenvalue weighted by Gasteiger charge is -2.34. The van der Waals surface area contributed by atoms with Crippen LogP contribution >= 0.6 is 15.9 Å². The number of carbonyl (C=O) groups excluding carboxylic acids is 2. The van der Waals surface area contributed by atoms with Crippen molar-refractivity contribution in [3.63, 3.8) is 0 Å². The third kappa shape index (κ3) is 20.6. The number of halogens is 1. The number of likely N-dealkylation sites (N-methyl/N-ethyl adjacent to an activating group) is 1. The third-order valence-corrected chi connectivity index (χ3v) is 8.22. The van der Waals surface area contributed by atoms with Gasteiger partial charge in [0.15, 0.2) is 0 Å². The van der Waals surface area contributed by atoms with Gasteiger partial charge in [0, 0.05) is 23.7 Å². The van der Waals surface area contributed by atoms with Crippen LogP contribution in [0.3, 0.4) is 0 Å². The van der Waals surface area contributed by atoms with E-state index in [0.717, 1.165) is 50.4 Å². The number of rotatable bonds is 27. The number of carbonyl (C=O) groups is 2. The summed E-state index contributed by atoms with van der Waals surface area (Å²) in [5.74, 6) is -0.228. The van der Waals surface area contributed by atoms with Gasteiger partial charge in [-0.15, -0.1) is 13.2 Å². The summed E-state index contributed by atoms with van der Waals surface area (Å²) in [5.41, 5.74) is 2.46. The van der Waals surface area contributed by atoms with Crippen molar-refractivity contribution in [1.82, 2.24) is 0 Å². The number of hydrogen-bond acceptors (Lipinski definition) is 4. The van der Waals surface area contributed by atoms with Crippen LogP contribution < -0.4 is 0 Å². The zero-order chi connectivity index (χ0) is 30.0. The van der Waals surface area contributed by atoms with E-state index in [2.05, 4.69) is 60.4 Å². The third-order valence-electron chi connectivity index (χ3n) is 7.58. The second-order valence-electron chi connectivity index (χ2n) is 11.5. The molecule has 1 rings (SSSR count). The van der Waals surface area contributed by atoms with Gasteiger partial charge < -0.3 is 14.0 Å². The molecule has 6 heteroatoms. The predicted molar refractivity (Wildman–Crippen MR) is 175 cm³/mol. The van der Waals surface area contributed by atoms with E-state index in [1.165, 1.54) is 62.5 Å². The minimum Gasteiger partial charge on any atom is -0.460 e. The number of benzene rings is 1. The van der Waals surface area contributed by atoms with Crippen molar-refractivity contribution >= 4 is 27.9 Å². The Kier molecular flexibility index (Phi) is 22.3. The highest BCUT2D eigenvalue weighted by Crippen LogP contribution is 2.16. The Labute approximate surface area is 259 Å². The fourth-order valence-electron chi connectivity index (χ4n) is 4.96. The summed E-state index contributed by atoms with van der Waals surface area (Å²) in [6.45, 7) is 10.4. The number of hydrogen-bond donors (Lipinski definition) is 0. The van der Waals surface area contributed by atoms with Crippen molar-refractivity contribution < 1.29 is 23.5 Å². The lowest BCUT2D eigenvalue weighted by Crippen LogP contribution is -2.48. The number of esters is 2. The zero-order valence-electron chi connectivity index (χ0n) is 25.9. The van der Waals surface area contributed by atoms with Crippen LogP contribution in [0.5, 0.6) is 0 Å². The van der Waals surface area contributed by atoms with Gasteiger partial charge in [0.25, 0.3) is 0 Å². The monoisotopic (exact) mass is 634 g/mol. The average Bonchev–Trinajstić information content (AvgIpc) is 2.96. The number of quaternary nitrogens is 1. The van der Waals surface area contributed by atoms with E-state index in [4.69, 9.17) is 9.47 Å². The van der Waals surface area contributed by atoms with Gasteiger partial charge in [-0.2, -0.15) is 0 Å². The molecule has 0 radical (unpaired) electrons.